The number of carbonyl (C=O) groups excluding carboxylic acids is 1. The molecule has 0 spiro atoms. The Kier molecular flexibility index (Phi) is 4.98. The number of rotatable bonds is 4. The van der Waals surface area contributed by atoms with Gasteiger partial charge in [0, 0.05) is 23.4 Å². The molecule has 0 aliphatic rings. The van der Waals surface area contributed by atoms with Crippen LogP contribution in [0.25, 0.3) is 0 Å². The van der Waals surface area contributed by atoms with Crippen LogP contribution in [-0.4, -0.2) is 16.9 Å². The molecule has 0 radical (unpaired) electrons. The molecule has 118 valence electrons. The second-order valence-electron chi connectivity index (χ2n) is 6.61. The molecule has 1 unspecified atom stereocenters. The van der Waals surface area contributed by atoms with Crippen molar-refractivity contribution >= 4 is 22.4 Å². The van der Waals surface area contributed by atoms with Crippen LogP contribution in [0.2, 0.25) is 0 Å². The van der Waals surface area contributed by atoms with Gasteiger partial charge < -0.3 is 5.73 Å². The van der Waals surface area contributed by atoms with Gasteiger partial charge in [0.1, 0.15) is 0 Å². The van der Waals surface area contributed by atoms with Crippen LogP contribution in [0.3, 0.4) is 0 Å². The zero-order valence-electron chi connectivity index (χ0n) is 13.5. The second-order valence-corrected chi connectivity index (χ2v) is 7.46. The van der Waals surface area contributed by atoms with Gasteiger partial charge in [-0.1, -0.05) is 32.9 Å². The summed E-state index contributed by atoms with van der Waals surface area (Å²) in [4.78, 5) is 16.6. The van der Waals surface area contributed by atoms with Gasteiger partial charge in [-0.2, -0.15) is 0 Å². The minimum atomic E-state index is -0.137. The van der Waals surface area contributed by atoms with E-state index >= 15 is 0 Å². The summed E-state index contributed by atoms with van der Waals surface area (Å²) in [6.07, 6.45) is 0.715. The summed E-state index contributed by atoms with van der Waals surface area (Å²) in [7, 11) is 0. The zero-order valence-corrected chi connectivity index (χ0v) is 14.3. The molecule has 3 N–H and O–H groups in total. The maximum atomic E-state index is 12.2. The van der Waals surface area contributed by atoms with Crippen LogP contribution < -0.4 is 11.1 Å². The van der Waals surface area contributed by atoms with Crippen LogP contribution in [0.15, 0.2) is 29.6 Å². The summed E-state index contributed by atoms with van der Waals surface area (Å²) in [5.41, 5.74) is 8.59. The molecule has 0 bridgehead atoms. The molecule has 0 saturated heterocycles. The summed E-state index contributed by atoms with van der Waals surface area (Å²) >= 11 is 1.42. The van der Waals surface area contributed by atoms with Crippen molar-refractivity contribution in [3.05, 3.63) is 46.5 Å². The van der Waals surface area contributed by atoms with Crippen LogP contribution in [0.5, 0.6) is 0 Å². The molecule has 0 fully saturated rings. The predicted molar refractivity (Wildman–Crippen MR) is 92.6 cm³/mol. The highest BCUT2D eigenvalue weighted by Crippen LogP contribution is 2.23. The SMILES string of the molecule is CC(N)Cc1csc(NC(=O)c2ccc(C(C)(C)C)cc2)n1. The van der Waals surface area contributed by atoms with Crippen LogP contribution in [0, 0.1) is 0 Å². The number of thiazole rings is 1. The molecule has 22 heavy (non-hydrogen) atoms. The lowest BCUT2D eigenvalue weighted by atomic mass is 9.87. The van der Waals surface area contributed by atoms with Crippen LogP contribution >= 0.6 is 11.3 Å². The fraction of sp³-hybridized carbons (Fsp3) is 0.412. The highest BCUT2D eigenvalue weighted by atomic mass is 32.1. The van der Waals surface area contributed by atoms with E-state index in [2.05, 4.69) is 31.1 Å². The van der Waals surface area contributed by atoms with Crippen molar-refractivity contribution in [2.24, 2.45) is 5.73 Å². The first-order valence-corrected chi connectivity index (χ1v) is 8.25. The average molecular weight is 317 g/mol. The van der Waals surface area contributed by atoms with Gasteiger partial charge in [-0.05, 0) is 30.0 Å². The lowest BCUT2D eigenvalue weighted by molar-refractivity contribution is 0.102. The molecule has 0 aliphatic heterocycles. The fourth-order valence-electron chi connectivity index (χ4n) is 2.08. The number of amides is 1. The number of hydrogen-bond acceptors (Lipinski definition) is 4. The maximum Gasteiger partial charge on any atom is 0.257 e. The van der Waals surface area contributed by atoms with E-state index in [0.29, 0.717) is 17.1 Å². The normalized spacial score (nSPS) is 13.0. The van der Waals surface area contributed by atoms with Crippen molar-refractivity contribution in [1.29, 1.82) is 0 Å². The largest absolute Gasteiger partial charge is 0.328 e. The van der Waals surface area contributed by atoms with Gasteiger partial charge in [0.2, 0.25) is 0 Å². The summed E-state index contributed by atoms with van der Waals surface area (Å²) in [5, 5.41) is 5.38. The van der Waals surface area contributed by atoms with Gasteiger partial charge >= 0.3 is 0 Å². The minimum absolute atomic E-state index is 0.0654. The van der Waals surface area contributed by atoms with Gasteiger partial charge in [0.25, 0.3) is 5.91 Å². The second kappa shape index (κ2) is 6.58. The van der Waals surface area contributed by atoms with Crippen molar-refractivity contribution in [3.63, 3.8) is 0 Å². The molecule has 2 rings (SSSR count). The Morgan fingerprint density at radius 2 is 1.95 bits per heavy atom. The number of carbonyl (C=O) groups is 1. The summed E-state index contributed by atoms with van der Waals surface area (Å²) in [5.74, 6) is -0.137. The Morgan fingerprint density at radius 1 is 1.32 bits per heavy atom. The fourth-order valence-corrected chi connectivity index (χ4v) is 2.80. The van der Waals surface area contributed by atoms with E-state index in [-0.39, 0.29) is 17.4 Å². The Hall–Kier alpha value is -1.72. The summed E-state index contributed by atoms with van der Waals surface area (Å²) < 4.78 is 0. The Bertz CT molecular complexity index is 639. The van der Waals surface area contributed by atoms with Crippen molar-refractivity contribution in [1.82, 2.24) is 4.98 Å². The lowest BCUT2D eigenvalue weighted by Crippen LogP contribution is -2.18. The molecule has 1 aromatic heterocycles. The number of anilines is 1. The highest BCUT2D eigenvalue weighted by Gasteiger charge is 2.15. The van der Waals surface area contributed by atoms with E-state index in [1.165, 1.54) is 16.9 Å². The minimum Gasteiger partial charge on any atom is -0.328 e. The number of hydrogen-bond donors (Lipinski definition) is 2. The number of benzene rings is 1. The van der Waals surface area contributed by atoms with Crippen molar-refractivity contribution in [3.8, 4) is 0 Å². The number of nitrogens with one attached hydrogen (secondary N) is 1. The summed E-state index contributed by atoms with van der Waals surface area (Å²) in [6.45, 7) is 8.39. The molecule has 1 atom stereocenters. The molecule has 2 aromatic rings. The Labute approximate surface area is 135 Å². The number of nitrogens with two attached hydrogens (primary N) is 1. The van der Waals surface area contributed by atoms with E-state index in [0.717, 1.165) is 5.69 Å². The molecule has 0 saturated carbocycles. The summed E-state index contributed by atoms with van der Waals surface area (Å²) in [6, 6.07) is 7.77. The first-order valence-electron chi connectivity index (χ1n) is 7.37. The van der Waals surface area contributed by atoms with Crippen molar-refractivity contribution in [2.45, 2.75) is 45.6 Å². The molecule has 0 aliphatic carbocycles. The zero-order chi connectivity index (χ0) is 16.3. The first kappa shape index (κ1) is 16.6. The highest BCUT2D eigenvalue weighted by molar-refractivity contribution is 7.13. The van der Waals surface area contributed by atoms with Gasteiger partial charge in [-0.15, -0.1) is 11.3 Å². The van der Waals surface area contributed by atoms with Crippen LogP contribution in [0.4, 0.5) is 5.13 Å². The van der Waals surface area contributed by atoms with Crippen molar-refractivity contribution in [2.75, 3.05) is 5.32 Å². The third-order valence-electron chi connectivity index (χ3n) is 3.32. The molecule has 5 heteroatoms. The lowest BCUT2D eigenvalue weighted by Gasteiger charge is -2.18. The maximum absolute atomic E-state index is 12.2. The van der Waals surface area contributed by atoms with E-state index < -0.39 is 0 Å². The van der Waals surface area contributed by atoms with E-state index in [9.17, 15) is 4.79 Å². The number of nitrogens with zero attached hydrogens (tertiary/aromatic N) is 1. The predicted octanol–water partition coefficient (Wildman–Crippen LogP) is 3.58. The van der Waals surface area contributed by atoms with Gasteiger partial charge in [0.05, 0.1) is 5.69 Å². The van der Waals surface area contributed by atoms with Gasteiger partial charge in [-0.25, -0.2) is 4.98 Å². The molecular weight excluding hydrogens is 294 g/mol. The average Bonchev–Trinajstić information content (AvgIpc) is 2.84. The molecule has 1 aromatic carbocycles. The monoisotopic (exact) mass is 317 g/mol. The Balaban J connectivity index is 2.04. The molecular formula is C17H23N3OS. The third-order valence-corrected chi connectivity index (χ3v) is 4.12. The van der Waals surface area contributed by atoms with Crippen LogP contribution in [-0.2, 0) is 11.8 Å². The van der Waals surface area contributed by atoms with Crippen molar-refractivity contribution < 1.29 is 4.79 Å². The topological polar surface area (TPSA) is 68.0 Å². The molecule has 1 heterocycles. The molecule has 1 amide bonds. The van der Waals surface area contributed by atoms with Gasteiger partial charge in [0.15, 0.2) is 5.13 Å². The van der Waals surface area contributed by atoms with E-state index in [1.807, 2.05) is 36.6 Å². The van der Waals surface area contributed by atoms with E-state index in [1.54, 1.807) is 0 Å². The number of aromatic nitrogens is 1. The standard InChI is InChI=1S/C17H23N3OS/c1-11(18)9-14-10-22-16(19-14)20-15(21)12-5-7-13(8-6-12)17(2,3)4/h5-8,10-11H,9,18H2,1-4H3,(H,19,20,21). The molecule has 4 nitrogen and oxygen atoms in total. The smallest absolute Gasteiger partial charge is 0.257 e. The van der Waals surface area contributed by atoms with E-state index in [4.69, 9.17) is 5.73 Å². The Morgan fingerprint density at radius 3 is 2.50 bits per heavy atom. The quantitative estimate of drug-likeness (QED) is 0.905. The van der Waals surface area contributed by atoms with Crippen LogP contribution in [0.1, 0.15) is 49.3 Å². The first-order chi connectivity index (χ1) is 10.3. The third kappa shape index (κ3) is 4.39. The van der Waals surface area contributed by atoms with Gasteiger partial charge in [-0.3, -0.25) is 10.1 Å².